The van der Waals surface area contributed by atoms with Crippen LogP contribution in [0.1, 0.15) is 13.2 Å². The van der Waals surface area contributed by atoms with Crippen molar-refractivity contribution in [1.82, 2.24) is 19.5 Å². The van der Waals surface area contributed by atoms with Crippen molar-refractivity contribution in [3.05, 3.63) is 11.1 Å². The number of fused-ring (bicyclic) bond motifs is 1. The summed E-state index contributed by atoms with van der Waals surface area (Å²) < 4.78 is 7.34. The molecule has 2 aromatic rings. The van der Waals surface area contributed by atoms with Crippen LogP contribution in [-0.2, 0) is 4.74 Å². The van der Waals surface area contributed by atoms with Gasteiger partial charge in [-0.25, -0.2) is 15.0 Å². The van der Waals surface area contributed by atoms with Crippen molar-refractivity contribution >= 4 is 32.9 Å². The van der Waals surface area contributed by atoms with Crippen molar-refractivity contribution < 1.29 is 20.1 Å². The van der Waals surface area contributed by atoms with Gasteiger partial charge in [-0.1, -0.05) is 0 Å². The fourth-order valence-corrected chi connectivity index (χ4v) is 3.00. The van der Waals surface area contributed by atoms with Gasteiger partial charge >= 0.3 is 0 Å². The van der Waals surface area contributed by atoms with Crippen LogP contribution in [0.4, 0.5) is 5.82 Å². The molecule has 10 heteroatoms. The van der Waals surface area contributed by atoms with Crippen LogP contribution >= 0.6 is 15.9 Å². The Hall–Kier alpha value is -1.33. The van der Waals surface area contributed by atoms with E-state index in [1.807, 2.05) is 0 Å². The molecule has 9 nitrogen and oxygen atoms in total. The number of anilines is 1. The van der Waals surface area contributed by atoms with Gasteiger partial charge in [0.15, 0.2) is 27.9 Å². The van der Waals surface area contributed by atoms with E-state index in [4.69, 9.17) is 10.5 Å². The second kappa shape index (κ2) is 4.85. The summed E-state index contributed by atoms with van der Waals surface area (Å²) in [6.45, 7) is 0.996. The van der Waals surface area contributed by atoms with Gasteiger partial charge in [0.25, 0.3) is 0 Å². The van der Waals surface area contributed by atoms with Crippen LogP contribution in [0.2, 0.25) is 0 Å². The molecule has 1 aliphatic rings. The van der Waals surface area contributed by atoms with Crippen LogP contribution in [0, 0.1) is 0 Å². The van der Waals surface area contributed by atoms with E-state index in [-0.39, 0.29) is 5.82 Å². The first-order valence-corrected chi connectivity index (χ1v) is 6.98. The zero-order chi connectivity index (χ0) is 15.4. The van der Waals surface area contributed by atoms with Gasteiger partial charge in [-0.2, -0.15) is 0 Å². The number of hydrogen-bond donors (Lipinski definition) is 4. The number of halogens is 1. The van der Waals surface area contributed by atoms with Crippen LogP contribution in [0.5, 0.6) is 0 Å². The van der Waals surface area contributed by atoms with E-state index in [2.05, 4.69) is 30.9 Å². The Morgan fingerprint density at radius 1 is 1.52 bits per heavy atom. The normalized spacial score (nSPS) is 32.9. The minimum atomic E-state index is -1.64. The van der Waals surface area contributed by atoms with Crippen LogP contribution in [0.15, 0.2) is 11.1 Å². The van der Waals surface area contributed by atoms with E-state index in [0.29, 0.717) is 15.9 Å². The number of aliphatic hydroxyl groups excluding tert-OH is 2. The molecule has 2 aromatic heterocycles. The summed E-state index contributed by atoms with van der Waals surface area (Å²) in [6.07, 6.45) is -1.88. The number of imidazole rings is 1. The minimum Gasteiger partial charge on any atom is -0.394 e. The molecule has 1 fully saturated rings. The quantitative estimate of drug-likeness (QED) is 0.509. The predicted octanol–water partition coefficient (Wildman–Crippen LogP) is -0.827. The molecule has 4 atom stereocenters. The van der Waals surface area contributed by atoms with Crippen LogP contribution in [0.3, 0.4) is 0 Å². The third kappa shape index (κ3) is 2.02. The van der Waals surface area contributed by atoms with Gasteiger partial charge in [0.1, 0.15) is 24.1 Å². The molecular formula is C11H14BrN5O4. The van der Waals surface area contributed by atoms with Crippen LogP contribution < -0.4 is 5.73 Å². The highest BCUT2D eigenvalue weighted by Gasteiger charge is 2.53. The summed E-state index contributed by atoms with van der Waals surface area (Å²) >= 11 is 3.26. The third-order valence-electron chi connectivity index (χ3n) is 3.63. The van der Waals surface area contributed by atoms with Gasteiger partial charge in [0.2, 0.25) is 0 Å². The second-order valence-electron chi connectivity index (χ2n) is 5.06. The molecule has 0 spiro atoms. The van der Waals surface area contributed by atoms with Crippen molar-refractivity contribution in [2.24, 2.45) is 0 Å². The Kier molecular flexibility index (Phi) is 3.37. The van der Waals surface area contributed by atoms with E-state index in [1.165, 1.54) is 17.8 Å². The molecule has 3 unspecified atom stereocenters. The highest BCUT2D eigenvalue weighted by molar-refractivity contribution is 9.10. The van der Waals surface area contributed by atoms with Crippen LogP contribution in [-0.4, -0.2) is 59.3 Å². The first kappa shape index (κ1) is 14.6. The minimum absolute atomic E-state index is 0.191. The molecule has 3 heterocycles. The Morgan fingerprint density at radius 3 is 2.86 bits per heavy atom. The topological polar surface area (TPSA) is 140 Å². The standard InChI is InChI=1S/C11H14BrN5O4/c1-11(20)6(19)4(2-18)21-9(11)17-8-5(16-10(17)12)7(13)14-3-15-8/h3-4,6,9,18-20H,2H2,1H3,(H2,13,14,15)/t4?,6?,9?,11-/m1/s1. The molecule has 0 aliphatic carbocycles. The number of nitrogens with zero attached hydrogens (tertiary/aromatic N) is 4. The van der Waals surface area contributed by atoms with Crippen molar-refractivity contribution in [3.63, 3.8) is 0 Å². The number of nitrogen functional groups attached to an aromatic ring is 1. The van der Waals surface area contributed by atoms with Crippen molar-refractivity contribution in [2.45, 2.75) is 31.0 Å². The molecular weight excluding hydrogens is 346 g/mol. The molecule has 0 saturated carbocycles. The number of nitrogens with two attached hydrogens (primary N) is 1. The van der Waals surface area contributed by atoms with Gasteiger partial charge in [-0.05, 0) is 22.9 Å². The van der Waals surface area contributed by atoms with Gasteiger partial charge in [0, 0.05) is 0 Å². The van der Waals surface area contributed by atoms with Gasteiger partial charge in [-0.3, -0.25) is 4.57 Å². The lowest BCUT2D eigenvalue weighted by molar-refractivity contribution is -0.0960. The van der Waals surface area contributed by atoms with Gasteiger partial charge in [-0.15, -0.1) is 0 Å². The molecule has 0 radical (unpaired) electrons. The lowest BCUT2D eigenvalue weighted by atomic mass is 9.96. The highest BCUT2D eigenvalue weighted by atomic mass is 79.9. The summed E-state index contributed by atoms with van der Waals surface area (Å²) in [5.41, 5.74) is 4.81. The van der Waals surface area contributed by atoms with Crippen molar-refractivity contribution in [3.8, 4) is 0 Å². The summed E-state index contributed by atoms with van der Waals surface area (Å²) in [5.74, 6) is 0.191. The van der Waals surface area contributed by atoms with Gasteiger partial charge < -0.3 is 25.8 Å². The van der Waals surface area contributed by atoms with Gasteiger partial charge in [0.05, 0.1) is 6.61 Å². The van der Waals surface area contributed by atoms with Crippen molar-refractivity contribution in [2.75, 3.05) is 12.3 Å². The van der Waals surface area contributed by atoms with E-state index in [9.17, 15) is 15.3 Å². The Bertz CT molecular complexity index is 691. The molecule has 3 rings (SSSR count). The number of aliphatic hydroxyl groups is 3. The second-order valence-corrected chi connectivity index (χ2v) is 5.77. The highest BCUT2D eigenvalue weighted by Crippen LogP contribution is 2.41. The van der Waals surface area contributed by atoms with E-state index < -0.39 is 30.6 Å². The molecule has 1 aliphatic heterocycles. The largest absolute Gasteiger partial charge is 0.394 e. The number of ether oxygens (including phenoxy) is 1. The maximum absolute atomic E-state index is 10.5. The van der Waals surface area contributed by atoms with E-state index in [1.54, 1.807) is 0 Å². The molecule has 114 valence electrons. The summed E-state index contributed by atoms with van der Waals surface area (Å²) in [7, 11) is 0. The molecule has 5 N–H and O–H groups in total. The monoisotopic (exact) mass is 359 g/mol. The maximum atomic E-state index is 10.5. The zero-order valence-corrected chi connectivity index (χ0v) is 12.6. The number of aromatic nitrogens is 4. The average molecular weight is 360 g/mol. The predicted molar refractivity (Wildman–Crippen MR) is 75.1 cm³/mol. The zero-order valence-electron chi connectivity index (χ0n) is 11.0. The molecule has 0 aromatic carbocycles. The summed E-state index contributed by atoms with van der Waals surface area (Å²) in [6, 6.07) is 0. The average Bonchev–Trinajstić information content (AvgIpc) is 2.87. The van der Waals surface area contributed by atoms with E-state index >= 15 is 0 Å². The van der Waals surface area contributed by atoms with Crippen molar-refractivity contribution in [1.29, 1.82) is 0 Å². The molecule has 1 saturated heterocycles. The fraction of sp³-hybridized carbons (Fsp3) is 0.545. The Balaban J connectivity index is 2.17. The summed E-state index contributed by atoms with van der Waals surface area (Å²) in [4.78, 5) is 12.1. The molecule has 0 bridgehead atoms. The fourth-order valence-electron chi connectivity index (χ4n) is 2.47. The lowest BCUT2D eigenvalue weighted by Gasteiger charge is -2.27. The lowest BCUT2D eigenvalue weighted by Crippen LogP contribution is -2.44. The molecule has 0 amide bonds. The number of hydrogen-bond acceptors (Lipinski definition) is 8. The number of rotatable bonds is 2. The SMILES string of the molecule is C[C@@]1(O)C(O)C(CO)OC1n1c(Br)nc2c(N)ncnc21. The van der Waals surface area contributed by atoms with Crippen LogP contribution in [0.25, 0.3) is 11.2 Å². The summed E-state index contributed by atoms with van der Waals surface area (Å²) in [5, 5.41) is 29.8. The first-order chi connectivity index (χ1) is 9.87. The van der Waals surface area contributed by atoms with E-state index in [0.717, 1.165) is 0 Å². The Labute approximate surface area is 127 Å². The smallest absolute Gasteiger partial charge is 0.181 e. The maximum Gasteiger partial charge on any atom is 0.181 e. The third-order valence-corrected chi connectivity index (χ3v) is 4.19. The molecule has 21 heavy (non-hydrogen) atoms. The Morgan fingerprint density at radius 2 is 2.24 bits per heavy atom. The first-order valence-electron chi connectivity index (χ1n) is 6.18.